The quantitative estimate of drug-likeness (QED) is 0.271. The third-order valence-corrected chi connectivity index (χ3v) is 7.33. The molecular formula is C33H48N4O5. The van der Waals surface area contributed by atoms with E-state index >= 15 is 0 Å². The molecule has 0 aromatic heterocycles. The Bertz CT molecular complexity index is 1110. The summed E-state index contributed by atoms with van der Waals surface area (Å²) in [5, 5.41) is 19.8. The number of alkyl carbamates (subject to hydrolysis) is 1. The number of amides is 3. The maximum atomic E-state index is 13.2. The van der Waals surface area contributed by atoms with Crippen LogP contribution in [0.2, 0.25) is 0 Å². The molecule has 0 spiro atoms. The van der Waals surface area contributed by atoms with Gasteiger partial charge in [0.05, 0.1) is 18.6 Å². The van der Waals surface area contributed by atoms with Gasteiger partial charge in [-0.1, -0.05) is 88.4 Å². The fraction of sp³-hybridized carbons (Fsp3) is 0.545. The Morgan fingerprint density at radius 2 is 1.52 bits per heavy atom. The Labute approximate surface area is 250 Å². The van der Waals surface area contributed by atoms with Gasteiger partial charge in [0, 0.05) is 25.7 Å². The van der Waals surface area contributed by atoms with Gasteiger partial charge in [0.15, 0.2) is 0 Å². The molecule has 1 saturated heterocycles. The van der Waals surface area contributed by atoms with Crippen LogP contribution in [0.4, 0.5) is 4.79 Å². The number of hydrogen-bond donors (Lipinski definition) is 4. The van der Waals surface area contributed by atoms with Gasteiger partial charge in [0.2, 0.25) is 11.8 Å². The number of aliphatic hydroxyl groups excluding tert-OH is 1. The fourth-order valence-electron chi connectivity index (χ4n) is 5.34. The number of β-amino-alcohol motifs (C(OH)–C–C–N with tert-alkyl or cyclic N) is 1. The van der Waals surface area contributed by atoms with Crippen molar-refractivity contribution >= 4 is 17.9 Å². The molecule has 1 heterocycles. The van der Waals surface area contributed by atoms with Crippen LogP contribution >= 0.6 is 0 Å². The van der Waals surface area contributed by atoms with Crippen molar-refractivity contribution in [3.05, 3.63) is 71.8 Å². The highest BCUT2D eigenvalue weighted by atomic mass is 16.5. The number of aliphatic hydroxyl groups is 1. The lowest BCUT2D eigenvalue weighted by Crippen LogP contribution is -2.59. The summed E-state index contributed by atoms with van der Waals surface area (Å²) in [6.07, 6.45) is 0.808. The third-order valence-electron chi connectivity index (χ3n) is 7.33. The summed E-state index contributed by atoms with van der Waals surface area (Å²) in [5.41, 5.74) is 1.81. The molecule has 0 saturated carbocycles. The van der Waals surface area contributed by atoms with Crippen LogP contribution in [-0.2, 0) is 27.4 Å². The summed E-state index contributed by atoms with van der Waals surface area (Å²) in [6.45, 7) is 10.0. The largest absolute Gasteiger partial charge is 0.445 e. The van der Waals surface area contributed by atoms with Gasteiger partial charge in [-0.3, -0.25) is 14.5 Å². The van der Waals surface area contributed by atoms with E-state index in [1.807, 2.05) is 74.5 Å². The molecule has 0 bridgehead atoms. The number of nitrogens with one attached hydrogen (secondary N) is 3. The van der Waals surface area contributed by atoms with Gasteiger partial charge in [-0.25, -0.2) is 4.79 Å². The van der Waals surface area contributed by atoms with Crippen molar-refractivity contribution in [2.45, 2.75) is 84.2 Å². The van der Waals surface area contributed by atoms with E-state index in [1.165, 1.54) is 0 Å². The average Bonchev–Trinajstić information content (AvgIpc) is 2.93. The van der Waals surface area contributed by atoms with Crippen LogP contribution in [0.5, 0.6) is 0 Å². The zero-order chi connectivity index (χ0) is 30.5. The van der Waals surface area contributed by atoms with Crippen LogP contribution in [0, 0.1) is 11.8 Å². The molecule has 4 N–H and O–H groups in total. The van der Waals surface area contributed by atoms with Crippen molar-refractivity contribution in [1.82, 2.24) is 20.9 Å². The minimum absolute atomic E-state index is 0.137. The highest BCUT2D eigenvalue weighted by Crippen LogP contribution is 2.16. The fourth-order valence-corrected chi connectivity index (χ4v) is 5.34. The van der Waals surface area contributed by atoms with Gasteiger partial charge in [-0.05, 0) is 42.2 Å². The molecule has 3 amide bonds. The maximum Gasteiger partial charge on any atom is 0.407 e. The van der Waals surface area contributed by atoms with Gasteiger partial charge in [0.1, 0.15) is 12.6 Å². The van der Waals surface area contributed by atoms with E-state index < -0.39 is 24.3 Å². The number of benzene rings is 2. The van der Waals surface area contributed by atoms with Crippen LogP contribution in [0.15, 0.2) is 60.7 Å². The zero-order valence-corrected chi connectivity index (χ0v) is 25.4. The van der Waals surface area contributed by atoms with Gasteiger partial charge < -0.3 is 25.8 Å². The van der Waals surface area contributed by atoms with Crippen molar-refractivity contribution in [3.63, 3.8) is 0 Å². The van der Waals surface area contributed by atoms with Crippen molar-refractivity contribution < 1.29 is 24.2 Å². The number of nitrogens with zero attached hydrogens (tertiary/aromatic N) is 1. The Hall–Kier alpha value is -3.43. The van der Waals surface area contributed by atoms with Crippen molar-refractivity contribution in [1.29, 1.82) is 0 Å². The molecule has 3 rings (SSSR count). The molecule has 230 valence electrons. The number of rotatable bonds is 14. The second-order valence-electron chi connectivity index (χ2n) is 12.2. The van der Waals surface area contributed by atoms with Crippen LogP contribution in [0.3, 0.4) is 0 Å². The molecule has 9 heteroatoms. The van der Waals surface area contributed by atoms with Gasteiger partial charge in [0.25, 0.3) is 0 Å². The highest BCUT2D eigenvalue weighted by molar-refractivity contribution is 5.88. The minimum atomic E-state index is -0.771. The molecule has 1 aliphatic heterocycles. The molecule has 1 aliphatic rings. The second kappa shape index (κ2) is 16.9. The zero-order valence-electron chi connectivity index (χ0n) is 25.4. The molecule has 4 atom stereocenters. The molecule has 0 aliphatic carbocycles. The summed E-state index contributed by atoms with van der Waals surface area (Å²) >= 11 is 0. The standard InChI is InChI=1S/C33H48N4O5/c1-23(2)17-27(34-33(41)42-22-26-13-9-6-10-14-26)20-37-16-15-28(30(38)21-37)36-32(40)29(18-24(3)4)35-31(39)19-25-11-7-5-8-12-25/h5-14,23-24,27-30,38H,15-22H2,1-4H3,(H,34,41)(H,35,39)(H,36,40)/t27-,28?,29-,30?/m0/s1. The van der Waals surface area contributed by atoms with Crippen molar-refractivity contribution in [2.24, 2.45) is 11.8 Å². The van der Waals surface area contributed by atoms with E-state index in [2.05, 4.69) is 34.7 Å². The van der Waals surface area contributed by atoms with Gasteiger partial charge >= 0.3 is 6.09 Å². The number of carbonyl (C=O) groups excluding carboxylic acids is 3. The average molecular weight is 581 g/mol. The number of hydrogen-bond acceptors (Lipinski definition) is 6. The van der Waals surface area contributed by atoms with E-state index in [9.17, 15) is 19.5 Å². The molecule has 1 fully saturated rings. The smallest absolute Gasteiger partial charge is 0.407 e. The SMILES string of the molecule is CC(C)C[C@@H](CN1CCC(NC(=O)[C@H](CC(C)C)NC(=O)Cc2ccccc2)C(O)C1)NC(=O)OCc1ccccc1. The maximum absolute atomic E-state index is 13.2. The topological polar surface area (TPSA) is 120 Å². The number of ether oxygens (including phenoxy) is 1. The summed E-state index contributed by atoms with van der Waals surface area (Å²) in [7, 11) is 0. The highest BCUT2D eigenvalue weighted by Gasteiger charge is 2.32. The molecule has 2 unspecified atom stereocenters. The first-order valence-electron chi connectivity index (χ1n) is 15.1. The molecular weight excluding hydrogens is 532 g/mol. The molecule has 42 heavy (non-hydrogen) atoms. The van der Waals surface area contributed by atoms with Crippen LogP contribution in [0.25, 0.3) is 0 Å². The summed E-state index contributed by atoms with van der Waals surface area (Å²) < 4.78 is 5.43. The van der Waals surface area contributed by atoms with Gasteiger partial charge in [-0.2, -0.15) is 0 Å². The van der Waals surface area contributed by atoms with E-state index in [4.69, 9.17) is 4.74 Å². The lowest BCUT2D eigenvalue weighted by Gasteiger charge is -2.38. The summed E-state index contributed by atoms with van der Waals surface area (Å²) in [4.78, 5) is 40.6. The van der Waals surface area contributed by atoms with Gasteiger partial charge in [-0.15, -0.1) is 0 Å². The van der Waals surface area contributed by atoms with E-state index in [0.717, 1.165) is 17.5 Å². The Balaban J connectivity index is 1.50. The number of likely N-dealkylation sites (tertiary alicyclic amines) is 1. The molecule has 2 aromatic rings. The predicted octanol–water partition coefficient (Wildman–Crippen LogP) is 3.65. The first-order chi connectivity index (χ1) is 20.1. The Kier molecular flexibility index (Phi) is 13.3. The van der Waals surface area contributed by atoms with Crippen LogP contribution in [-0.4, -0.2) is 71.8 Å². The summed E-state index contributed by atoms with van der Waals surface area (Å²) in [5.74, 6) is 0.0852. The summed E-state index contributed by atoms with van der Waals surface area (Å²) in [6, 6.07) is 17.8. The Morgan fingerprint density at radius 3 is 2.12 bits per heavy atom. The van der Waals surface area contributed by atoms with Crippen LogP contribution < -0.4 is 16.0 Å². The normalized spacial score (nSPS) is 18.7. The monoisotopic (exact) mass is 580 g/mol. The van der Waals surface area contributed by atoms with E-state index in [-0.39, 0.29) is 36.8 Å². The van der Waals surface area contributed by atoms with E-state index in [0.29, 0.717) is 38.4 Å². The number of piperidine rings is 1. The predicted molar refractivity (Wildman–Crippen MR) is 164 cm³/mol. The first kappa shape index (κ1) is 33.1. The lowest BCUT2D eigenvalue weighted by atomic mass is 9.97. The lowest BCUT2D eigenvalue weighted by molar-refractivity contribution is -0.130. The van der Waals surface area contributed by atoms with E-state index in [1.54, 1.807) is 0 Å². The first-order valence-corrected chi connectivity index (χ1v) is 15.1. The Morgan fingerprint density at radius 1 is 0.905 bits per heavy atom. The second-order valence-corrected chi connectivity index (χ2v) is 12.2. The van der Waals surface area contributed by atoms with Crippen molar-refractivity contribution in [3.8, 4) is 0 Å². The molecule has 0 radical (unpaired) electrons. The number of carbonyl (C=O) groups is 3. The molecule has 9 nitrogen and oxygen atoms in total. The van der Waals surface area contributed by atoms with Crippen molar-refractivity contribution in [2.75, 3.05) is 19.6 Å². The third kappa shape index (κ3) is 11.8. The molecule has 2 aromatic carbocycles. The van der Waals surface area contributed by atoms with Crippen LogP contribution in [0.1, 0.15) is 58.1 Å². The minimum Gasteiger partial charge on any atom is -0.445 e.